The minimum absolute atomic E-state index is 0.0389. The topological polar surface area (TPSA) is 164 Å². The smallest absolute Gasteiger partial charge is 0.336 e. The zero-order chi connectivity index (χ0) is 29.6. The van der Waals surface area contributed by atoms with E-state index in [1.807, 2.05) is 0 Å². The zero-order valence-corrected chi connectivity index (χ0v) is 22.6. The van der Waals surface area contributed by atoms with Crippen LogP contribution in [0.15, 0.2) is 112 Å². The lowest BCUT2D eigenvalue weighted by Gasteiger charge is -2.18. The average Bonchev–Trinajstić information content (AvgIpc) is 2.95. The first-order chi connectivity index (χ1) is 20.1. The molecule has 0 atom stereocenters. The number of carboxylic acids is 1. The Bertz CT molecular complexity index is 2150. The van der Waals surface area contributed by atoms with Gasteiger partial charge in [-0.1, -0.05) is 30.3 Å². The molecule has 9 nitrogen and oxygen atoms in total. The first kappa shape index (κ1) is 26.8. The largest absolute Gasteiger partial charge is 0.478 e. The summed E-state index contributed by atoms with van der Waals surface area (Å²) in [5.41, 5.74) is 9.83. The normalized spacial score (nSPS) is 11.5. The molecule has 5 N–H and O–H groups in total. The SMILES string of the molecule is N=c1ccc2c(-c3cc(Oc4ccccc4-c4ccc(S(=O)(=O)O)cc4)ccc3C(=O)O)c3ccc(N)cc3oc-2c1. The third-order valence-corrected chi connectivity index (χ3v) is 7.68. The van der Waals surface area contributed by atoms with Gasteiger partial charge in [-0.3, -0.25) is 4.55 Å². The lowest BCUT2D eigenvalue weighted by Crippen LogP contribution is -2.04. The van der Waals surface area contributed by atoms with Gasteiger partial charge in [0.2, 0.25) is 0 Å². The molecule has 0 saturated heterocycles. The van der Waals surface area contributed by atoms with Gasteiger partial charge in [0.25, 0.3) is 10.1 Å². The Kier molecular flexibility index (Phi) is 6.49. The van der Waals surface area contributed by atoms with Crippen LogP contribution in [0.4, 0.5) is 5.69 Å². The van der Waals surface area contributed by atoms with Crippen LogP contribution >= 0.6 is 0 Å². The second-order valence-electron chi connectivity index (χ2n) is 9.55. The van der Waals surface area contributed by atoms with E-state index in [1.54, 1.807) is 84.9 Å². The van der Waals surface area contributed by atoms with E-state index < -0.39 is 16.1 Å². The number of anilines is 1. The Hall–Kier alpha value is -5.45. The second-order valence-corrected chi connectivity index (χ2v) is 11.0. The van der Waals surface area contributed by atoms with E-state index in [-0.39, 0.29) is 15.8 Å². The summed E-state index contributed by atoms with van der Waals surface area (Å²) in [4.78, 5) is 12.2. The predicted octanol–water partition coefficient (Wildman–Crippen LogP) is 6.67. The van der Waals surface area contributed by atoms with Crippen molar-refractivity contribution in [3.05, 3.63) is 114 Å². The third-order valence-electron chi connectivity index (χ3n) is 6.81. The number of nitrogens with two attached hydrogens (primary N) is 1. The fourth-order valence-electron chi connectivity index (χ4n) is 4.90. The lowest BCUT2D eigenvalue weighted by atomic mass is 9.90. The maximum absolute atomic E-state index is 12.4. The summed E-state index contributed by atoms with van der Waals surface area (Å²) >= 11 is 0. The molecule has 0 amide bonds. The number of hydrogen-bond donors (Lipinski definition) is 4. The number of aromatic carboxylic acids is 1. The molecule has 6 rings (SSSR count). The zero-order valence-electron chi connectivity index (χ0n) is 21.7. The summed E-state index contributed by atoms with van der Waals surface area (Å²) < 4.78 is 44.6. The van der Waals surface area contributed by atoms with Crippen molar-refractivity contribution in [2.24, 2.45) is 0 Å². The Morgan fingerprint density at radius 3 is 2.33 bits per heavy atom. The molecule has 10 heteroatoms. The molecule has 0 bridgehead atoms. The van der Waals surface area contributed by atoms with Gasteiger partial charge in [-0.05, 0) is 66.2 Å². The van der Waals surface area contributed by atoms with Crippen molar-refractivity contribution in [2.45, 2.75) is 4.90 Å². The van der Waals surface area contributed by atoms with E-state index in [9.17, 15) is 22.9 Å². The highest BCUT2D eigenvalue weighted by Crippen LogP contribution is 2.43. The first-order valence-corrected chi connectivity index (χ1v) is 14.1. The maximum Gasteiger partial charge on any atom is 0.336 e. The van der Waals surface area contributed by atoms with Gasteiger partial charge in [0.05, 0.1) is 15.8 Å². The Labute approximate surface area is 239 Å². The molecular weight excluding hydrogens is 556 g/mol. The van der Waals surface area contributed by atoms with Crippen molar-refractivity contribution < 1.29 is 32.0 Å². The fraction of sp³-hybridized carbons (Fsp3) is 0. The number of nitrogen functional groups attached to an aromatic ring is 1. The minimum Gasteiger partial charge on any atom is -0.478 e. The van der Waals surface area contributed by atoms with Crippen LogP contribution in [-0.4, -0.2) is 24.0 Å². The van der Waals surface area contributed by atoms with Gasteiger partial charge in [-0.25, -0.2) is 4.79 Å². The van der Waals surface area contributed by atoms with Crippen molar-refractivity contribution >= 4 is 32.7 Å². The van der Waals surface area contributed by atoms with E-state index in [2.05, 4.69) is 0 Å². The summed E-state index contributed by atoms with van der Waals surface area (Å²) in [6.45, 7) is 0. The van der Waals surface area contributed by atoms with Gasteiger partial charge < -0.3 is 25.4 Å². The molecule has 0 unspecified atom stereocenters. The molecule has 4 aromatic rings. The second kappa shape index (κ2) is 10.2. The van der Waals surface area contributed by atoms with Crippen LogP contribution in [0, 0.1) is 5.41 Å². The highest BCUT2D eigenvalue weighted by Gasteiger charge is 2.23. The molecule has 2 aliphatic rings. The lowest BCUT2D eigenvalue weighted by molar-refractivity contribution is 0.0697. The van der Waals surface area contributed by atoms with E-state index >= 15 is 0 Å². The number of hydrogen-bond acceptors (Lipinski definition) is 7. The van der Waals surface area contributed by atoms with Crippen molar-refractivity contribution in [1.29, 1.82) is 5.41 Å². The number of nitrogens with one attached hydrogen (secondary N) is 1. The molecule has 1 aliphatic carbocycles. The summed E-state index contributed by atoms with van der Waals surface area (Å²) in [5, 5.41) is 19.1. The van der Waals surface area contributed by atoms with E-state index in [0.717, 1.165) is 0 Å². The van der Waals surface area contributed by atoms with Crippen molar-refractivity contribution in [2.75, 3.05) is 5.73 Å². The van der Waals surface area contributed by atoms with E-state index in [0.29, 0.717) is 61.7 Å². The number of para-hydroxylation sites is 1. The van der Waals surface area contributed by atoms with Crippen LogP contribution in [0.25, 0.3) is 44.5 Å². The van der Waals surface area contributed by atoms with Crippen LogP contribution in [-0.2, 0) is 10.1 Å². The summed E-state index contributed by atoms with van der Waals surface area (Å²) in [7, 11) is -4.34. The highest BCUT2D eigenvalue weighted by molar-refractivity contribution is 7.85. The number of ether oxygens (including phenoxy) is 1. The van der Waals surface area contributed by atoms with Crippen LogP contribution < -0.4 is 15.8 Å². The van der Waals surface area contributed by atoms with E-state index in [4.69, 9.17) is 20.3 Å². The van der Waals surface area contributed by atoms with Crippen molar-refractivity contribution in [3.8, 4) is 45.1 Å². The number of carboxylic acid groups (broad SMARTS) is 1. The van der Waals surface area contributed by atoms with Crippen molar-refractivity contribution in [3.63, 3.8) is 0 Å². The molecule has 42 heavy (non-hydrogen) atoms. The van der Waals surface area contributed by atoms with Crippen LogP contribution in [0.1, 0.15) is 10.4 Å². The van der Waals surface area contributed by atoms with Crippen LogP contribution in [0.3, 0.4) is 0 Å². The minimum atomic E-state index is -4.34. The molecule has 0 spiro atoms. The molecule has 1 aliphatic heterocycles. The summed E-state index contributed by atoms with van der Waals surface area (Å²) in [6.07, 6.45) is 0. The van der Waals surface area contributed by atoms with Crippen molar-refractivity contribution in [1.82, 2.24) is 0 Å². The van der Waals surface area contributed by atoms with Gasteiger partial charge in [-0.15, -0.1) is 0 Å². The molecular formula is C32H22N2O7S. The standard InChI is InChI=1S/C32H22N2O7S/c33-19-7-12-25-29(15-19)41-30-16-20(34)8-13-26(30)31(25)27-17-21(9-14-24(27)32(35)36)40-28-4-2-1-3-23(28)18-5-10-22(11-6-18)42(37,38)39/h1-17,33H,34H2,(H,35,36)(H,37,38,39). The Balaban J connectivity index is 1.52. The average molecular weight is 579 g/mol. The van der Waals surface area contributed by atoms with Crippen LogP contribution in [0.2, 0.25) is 0 Å². The Morgan fingerprint density at radius 1 is 0.833 bits per heavy atom. The molecule has 0 fully saturated rings. The van der Waals surface area contributed by atoms with Gasteiger partial charge in [0, 0.05) is 45.5 Å². The third kappa shape index (κ3) is 4.96. The number of fused-ring (bicyclic) bond motifs is 2. The molecule has 0 saturated carbocycles. The molecule has 1 heterocycles. The molecule has 0 aromatic heterocycles. The number of benzene rings is 5. The quantitative estimate of drug-likeness (QED) is 0.0967. The first-order valence-electron chi connectivity index (χ1n) is 12.6. The fourth-order valence-corrected chi connectivity index (χ4v) is 5.38. The van der Waals surface area contributed by atoms with Gasteiger partial charge in [-0.2, -0.15) is 8.42 Å². The summed E-state index contributed by atoms with van der Waals surface area (Å²) in [6, 6.07) is 27.5. The van der Waals surface area contributed by atoms with E-state index in [1.165, 1.54) is 18.2 Å². The predicted molar refractivity (Wildman–Crippen MR) is 157 cm³/mol. The van der Waals surface area contributed by atoms with Gasteiger partial charge in [0.15, 0.2) is 0 Å². The Morgan fingerprint density at radius 2 is 1.60 bits per heavy atom. The van der Waals surface area contributed by atoms with Gasteiger partial charge in [0.1, 0.15) is 22.8 Å². The molecule has 4 aromatic carbocycles. The highest BCUT2D eigenvalue weighted by atomic mass is 32.2. The maximum atomic E-state index is 12.4. The summed E-state index contributed by atoms with van der Waals surface area (Å²) in [5.74, 6) is 0.0599. The van der Waals surface area contributed by atoms with Crippen LogP contribution in [0.5, 0.6) is 11.5 Å². The molecule has 0 radical (unpaired) electrons. The number of carbonyl (C=O) groups is 1. The number of rotatable bonds is 6. The monoisotopic (exact) mass is 578 g/mol. The molecule has 208 valence electrons. The van der Waals surface area contributed by atoms with Gasteiger partial charge >= 0.3 is 5.97 Å².